The van der Waals surface area contributed by atoms with E-state index in [4.69, 9.17) is 11.5 Å². The van der Waals surface area contributed by atoms with Crippen molar-refractivity contribution >= 4 is 16.8 Å². The molecule has 33 heavy (non-hydrogen) atoms. The molecule has 1 atom stereocenters. The van der Waals surface area contributed by atoms with Gasteiger partial charge >= 0.3 is 0 Å². The lowest BCUT2D eigenvalue weighted by atomic mass is 9.98. The first-order valence-electron chi connectivity index (χ1n) is 10.9. The van der Waals surface area contributed by atoms with Gasteiger partial charge in [0, 0.05) is 29.1 Å². The Hall–Kier alpha value is -3.55. The van der Waals surface area contributed by atoms with Gasteiger partial charge in [-0.05, 0) is 72.5 Å². The second kappa shape index (κ2) is 9.94. The molecule has 0 fully saturated rings. The Balaban J connectivity index is 1.75. The summed E-state index contributed by atoms with van der Waals surface area (Å²) in [5.41, 5.74) is 15.8. The number of benzene rings is 3. The van der Waals surface area contributed by atoms with E-state index >= 15 is 0 Å². The van der Waals surface area contributed by atoms with Gasteiger partial charge in [-0.25, -0.2) is 8.78 Å². The van der Waals surface area contributed by atoms with Gasteiger partial charge in [0.2, 0.25) is 0 Å². The van der Waals surface area contributed by atoms with Crippen molar-refractivity contribution in [2.45, 2.75) is 18.9 Å². The molecule has 0 saturated carbocycles. The van der Waals surface area contributed by atoms with Crippen molar-refractivity contribution in [1.82, 2.24) is 10.3 Å². The average Bonchev–Trinajstić information content (AvgIpc) is 3.21. The third-order valence-corrected chi connectivity index (χ3v) is 5.64. The summed E-state index contributed by atoms with van der Waals surface area (Å²) in [6.45, 7) is 0.868. The Kier molecular flexibility index (Phi) is 6.82. The number of hydrogen-bond donors (Lipinski definition) is 4. The zero-order valence-corrected chi connectivity index (χ0v) is 18.1. The minimum Gasteiger partial charge on any atom is -0.350 e. The lowest BCUT2D eigenvalue weighted by molar-refractivity contribution is 0.0947. The number of aromatic amines is 1. The Morgan fingerprint density at radius 1 is 0.909 bits per heavy atom. The van der Waals surface area contributed by atoms with Gasteiger partial charge in [0.15, 0.2) is 0 Å². The van der Waals surface area contributed by atoms with Crippen LogP contribution in [0.3, 0.4) is 0 Å². The first-order chi connectivity index (χ1) is 16.0. The monoisotopic (exact) mass is 448 g/mol. The van der Waals surface area contributed by atoms with Crippen LogP contribution in [0.25, 0.3) is 33.2 Å². The van der Waals surface area contributed by atoms with Crippen LogP contribution >= 0.6 is 0 Å². The van der Waals surface area contributed by atoms with Crippen LogP contribution in [0.4, 0.5) is 8.78 Å². The predicted molar refractivity (Wildman–Crippen MR) is 128 cm³/mol. The van der Waals surface area contributed by atoms with Crippen LogP contribution in [0.5, 0.6) is 0 Å². The number of carbonyl (C=O) groups is 1. The Bertz CT molecular complexity index is 1250. The molecule has 0 spiro atoms. The van der Waals surface area contributed by atoms with Crippen LogP contribution in [-0.2, 0) is 0 Å². The van der Waals surface area contributed by atoms with E-state index in [1.165, 1.54) is 24.3 Å². The molecule has 0 aliphatic rings. The van der Waals surface area contributed by atoms with Gasteiger partial charge in [-0.15, -0.1) is 0 Å². The Morgan fingerprint density at radius 2 is 1.52 bits per heavy atom. The van der Waals surface area contributed by atoms with Crippen molar-refractivity contribution in [1.29, 1.82) is 0 Å². The van der Waals surface area contributed by atoms with Crippen LogP contribution in [0.15, 0.2) is 66.7 Å². The van der Waals surface area contributed by atoms with Gasteiger partial charge in [-0.2, -0.15) is 0 Å². The van der Waals surface area contributed by atoms with Crippen molar-refractivity contribution in [2.75, 3.05) is 13.1 Å². The molecule has 6 N–H and O–H groups in total. The normalized spacial score (nSPS) is 12.1. The van der Waals surface area contributed by atoms with Crippen molar-refractivity contribution in [2.24, 2.45) is 11.5 Å². The number of halogens is 2. The molecule has 0 bridgehead atoms. The maximum Gasteiger partial charge on any atom is 0.268 e. The third kappa shape index (κ3) is 5.10. The maximum atomic E-state index is 13.6. The van der Waals surface area contributed by atoms with E-state index in [2.05, 4.69) is 10.3 Å². The van der Waals surface area contributed by atoms with E-state index in [9.17, 15) is 13.6 Å². The summed E-state index contributed by atoms with van der Waals surface area (Å²) in [5.74, 6) is -0.961. The van der Waals surface area contributed by atoms with E-state index in [0.29, 0.717) is 29.9 Å². The van der Waals surface area contributed by atoms with E-state index in [-0.39, 0.29) is 23.6 Å². The fourth-order valence-electron chi connectivity index (χ4n) is 3.89. The molecule has 170 valence electrons. The largest absolute Gasteiger partial charge is 0.350 e. The van der Waals surface area contributed by atoms with Crippen LogP contribution in [0.1, 0.15) is 23.3 Å². The summed E-state index contributed by atoms with van der Waals surface area (Å²) in [4.78, 5) is 16.3. The second-order valence-electron chi connectivity index (χ2n) is 8.05. The molecular weight excluding hydrogens is 422 g/mol. The fourth-order valence-corrected chi connectivity index (χ4v) is 3.89. The summed E-state index contributed by atoms with van der Waals surface area (Å²) in [7, 11) is 0. The number of fused-ring (bicyclic) bond motifs is 1. The van der Waals surface area contributed by atoms with Gasteiger partial charge in [0.25, 0.3) is 5.91 Å². The second-order valence-corrected chi connectivity index (χ2v) is 8.05. The lowest BCUT2D eigenvalue weighted by Crippen LogP contribution is -2.37. The quantitative estimate of drug-likeness (QED) is 0.318. The molecule has 4 aromatic rings. The number of H-pyrrole nitrogens is 1. The standard InChI is InChI=1S/C26H26F2N4O/c27-19-8-3-16(4-9-19)18-7-12-23-22(14-18)24(17-5-10-20(28)11-6-17)25(32-23)26(33)31-15-21(30)2-1-13-29/h3-12,14,21,32H,1-2,13,15,29-30H2,(H,31,33). The molecule has 1 heterocycles. The molecule has 0 saturated heterocycles. The number of nitrogens with two attached hydrogens (primary N) is 2. The highest BCUT2D eigenvalue weighted by molar-refractivity contribution is 6.10. The number of aromatic nitrogens is 1. The van der Waals surface area contributed by atoms with Crippen LogP contribution in [0, 0.1) is 11.6 Å². The van der Waals surface area contributed by atoms with Crippen molar-refractivity contribution in [3.8, 4) is 22.3 Å². The Morgan fingerprint density at radius 3 is 2.15 bits per heavy atom. The minimum atomic E-state index is -0.359. The highest BCUT2D eigenvalue weighted by atomic mass is 19.1. The van der Waals surface area contributed by atoms with E-state index < -0.39 is 0 Å². The lowest BCUT2D eigenvalue weighted by Gasteiger charge is -2.12. The Labute approximate surface area is 190 Å². The van der Waals surface area contributed by atoms with E-state index in [1.807, 2.05) is 18.2 Å². The summed E-state index contributed by atoms with van der Waals surface area (Å²) in [6.07, 6.45) is 1.51. The molecule has 1 aromatic heterocycles. The molecule has 0 aliphatic heterocycles. The molecule has 3 aromatic carbocycles. The average molecular weight is 449 g/mol. The molecule has 5 nitrogen and oxygen atoms in total. The topological polar surface area (TPSA) is 96.9 Å². The van der Waals surface area contributed by atoms with Crippen LogP contribution in [-0.4, -0.2) is 30.0 Å². The molecule has 4 rings (SSSR count). The van der Waals surface area contributed by atoms with Gasteiger partial charge in [-0.3, -0.25) is 4.79 Å². The smallest absolute Gasteiger partial charge is 0.268 e. The van der Waals surface area contributed by atoms with Crippen LogP contribution < -0.4 is 16.8 Å². The summed E-state index contributed by atoms with van der Waals surface area (Å²) >= 11 is 0. The molecular formula is C26H26F2N4O. The highest BCUT2D eigenvalue weighted by Crippen LogP contribution is 2.35. The first kappa shape index (κ1) is 22.6. The summed E-state index contributed by atoms with van der Waals surface area (Å²) in [5, 5.41) is 3.70. The molecule has 0 aliphatic carbocycles. The number of amides is 1. The van der Waals surface area contributed by atoms with Crippen molar-refractivity contribution in [3.05, 3.63) is 84.1 Å². The predicted octanol–water partition coefficient (Wildman–Crippen LogP) is 4.58. The van der Waals surface area contributed by atoms with Gasteiger partial charge < -0.3 is 21.8 Å². The van der Waals surface area contributed by atoms with Crippen molar-refractivity contribution < 1.29 is 13.6 Å². The molecule has 0 radical (unpaired) electrons. The first-order valence-corrected chi connectivity index (χ1v) is 10.9. The number of nitrogens with one attached hydrogen (secondary N) is 2. The van der Waals surface area contributed by atoms with E-state index in [0.717, 1.165) is 34.9 Å². The third-order valence-electron chi connectivity index (χ3n) is 5.64. The maximum absolute atomic E-state index is 13.6. The highest BCUT2D eigenvalue weighted by Gasteiger charge is 2.20. The van der Waals surface area contributed by atoms with Crippen LogP contribution in [0.2, 0.25) is 0 Å². The number of rotatable bonds is 8. The number of hydrogen-bond acceptors (Lipinski definition) is 3. The SMILES string of the molecule is NCCCC(N)CNC(=O)c1[nH]c2ccc(-c3ccc(F)cc3)cc2c1-c1ccc(F)cc1. The van der Waals surface area contributed by atoms with Gasteiger partial charge in [0.05, 0.1) is 0 Å². The zero-order valence-electron chi connectivity index (χ0n) is 18.1. The fraction of sp³-hybridized carbons (Fsp3) is 0.192. The summed E-state index contributed by atoms with van der Waals surface area (Å²) in [6, 6.07) is 17.8. The molecule has 1 unspecified atom stereocenters. The van der Waals surface area contributed by atoms with Crippen molar-refractivity contribution in [3.63, 3.8) is 0 Å². The number of carbonyl (C=O) groups excluding carboxylic acids is 1. The summed E-state index contributed by atoms with van der Waals surface area (Å²) < 4.78 is 27.0. The minimum absolute atomic E-state index is 0.193. The van der Waals surface area contributed by atoms with Gasteiger partial charge in [0.1, 0.15) is 17.3 Å². The molecule has 7 heteroatoms. The molecule has 1 amide bonds. The van der Waals surface area contributed by atoms with E-state index in [1.54, 1.807) is 24.3 Å². The van der Waals surface area contributed by atoms with Gasteiger partial charge in [-0.1, -0.05) is 30.3 Å². The zero-order chi connectivity index (χ0) is 23.4.